The number of hydrogen-bond donors (Lipinski definition) is 0. The van der Waals surface area contributed by atoms with E-state index in [2.05, 4.69) is 6.58 Å². The second kappa shape index (κ2) is 4.49. The Morgan fingerprint density at radius 3 is 2.76 bits per heavy atom. The predicted molar refractivity (Wildman–Crippen MR) is 62.5 cm³/mol. The summed E-state index contributed by atoms with van der Waals surface area (Å²) < 4.78 is 15.6. The molecule has 0 amide bonds. The molecule has 4 heteroatoms. The van der Waals surface area contributed by atoms with Crippen LogP contribution in [0.4, 0.5) is 0 Å². The molecule has 0 aliphatic carbocycles. The first-order valence-electron chi connectivity index (χ1n) is 5.29. The molecule has 1 aromatic carbocycles. The smallest absolute Gasteiger partial charge is 0.342 e. The standard InChI is InChI=1S/C13H14O4/c1-4-5-10-9-6-8(15-2)7-11(16-3)12(9)13(14)17-10/h4,6-7,10H,1,5H2,2-3H3/t10-/m1/s1. The Hall–Kier alpha value is -1.97. The van der Waals surface area contributed by atoms with E-state index in [1.54, 1.807) is 25.3 Å². The third-order valence-electron chi connectivity index (χ3n) is 2.74. The Morgan fingerprint density at radius 2 is 2.18 bits per heavy atom. The number of rotatable bonds is 4. The fourth-order valence-corrected chi connectivity index (χ4v) is 1.94. The van der Waals surface area contributed by atoms with E-state index in [1.165, 1.54) is 7.11 Å². The SMILES string of the molecule is C=CC[C@H]1OC(=O)c2c(OC)cc(OC)cc21. The van der Waals surface area contributed by atoms with Gasteiger partial charge in [-0.1, -0.05) is 6.08 Å². The van der Waals surface area contributed by atoms with Crippen LogP contribution in [0.5, 0.6) is 11.5 Å². The van der Waals surface area contributed by atoms with E-state index in [4.69, 9.17) is 14.2 Å². The Kier molecular flexibility index (Phi) is 3.04. The first-order chi connectivity index (χ1) is 8.21. The largest absolute Gasteiger partial charge is 0.497 e. The lowest BCUT2D eigenvalue weighted by atomic mass is 10.0. The van der Waals surface area contributed by atoms with Gasteiger partial charge in [0.1, 0.15) is 23.2 Å². The number of cyclic esters (lactones) is 1. The van der Waals surface area contributed by atoms with Crippen molar-refractivity contribution < 1.29 is 19.0 Å². The Morgan fingerprint density at radius 1 is 1.41 bits per heavy atom. The number of esters is 1. The van der Waals surface area contributed by atoms with Crippen molar-refractivity contribution in [3.05, 3.63) is 35.9 Å². The van der Waals surface area contributed by atoms with Crippen LogP contribution in [0.3, 0.4) is 0 Å². The van der Waals surface area contributed by atoms with Gasteiger partial charge < -0.3 is 14.2 Å². The van der Waals surface area contributed by atoms with E-state index in [0.29, 0.717) is 23.5 Å². The first kappa shape index (κ1) is 11.5. The zero-order valence-corrected chi connectivity index (χ0v) is 9.86. The van der Waals surface area contributed by atoms with Crippen molar-refractivity contribution in [2.24, 2.45) is 0 Å². The van der Waals surface area contributed by atoms with Gasteiger partial charge in [-0.3, -0.25) is 0 Å². The van der Waals surface area contributed by atoms with Gasteiger partial charge in [0.05, 0.1) is 14.2 Å². The van der Waals surface area contributed by atoms with Gasteiger partial charge in [-0.15, -0.1) is 6.58 Å². The molecule has 1 aliphatic heterocycles. The van der Waals surface area contributed by atoms with E-state index in [1.807, 2.05) is 0 Å². The summed E-state index contributed by atoms with van der Waals surface area (Å²) in [6, 6.07) is 3.48. The monoisotopic (exact) mass is 234 g/mol. The van der Waals surface area contributed by atoms with Crippen LogP contribution < -0.4 is 9.47 Å². The molecule has 0 N–H and O–H groups in total. The highest BCUT2D eigenvalue weighted by atomic mass is 16.6. The summed E-state index contributed by atoms with van der Waals surface area (Å²) in [4.78, 5) is 11.8. The molecule has 0 fully saturated rings. The molecule has 90 valence electrons. The van der Waals surface area contributed by atoms with Crippen LogP contribution in [0.2, 0.25) is 0 Å². The minimum absolute atomic E-state index is 0.293. The first-order valence-corrected chi connectivity index (χ1v) is 5.29. The molecule has 0 unspecified atom stereocenters. The van der Waals surface area contributed by atoms with Gasteiger partial charge >= 0.3 is 5.97 Å². The Balaban J connectivity index is 2.54. The molecule has 1 heterocycles. The van der Waals surface area contributed by atoms with E-state index in [9.17, 15) is 4.79 Å². The van der Waals surface area contributed by atoms with Gasteiger partial charge in [0.25, 0.3) is 0 Å². The number of fused-ring (bicyclic) bond motifs is 1. The van der Waals surface area contributed by atoms with E-state index in [-0.39, 0.29) is 12.1 Å². The van der Waals surface area contributed by atoms with Gasteiger partial charge in [0.2, 0.25) is 0 Å². The number of methoxy groups -OCH3 is 2. The highest BCUT2D eigenvalue weighted by Gasteiger charge is 2.34. The number of ether oxygens (including phenoxy) is 3. The molecule has 0 aromatic heterocycles. The van der Waals surface area contributed by atoms with Crippen LogP contribution in [0.15, 0.2) is 24.8 Å². The van der Waals surface area contributed by atoms with Gasteiger partial charge in [0, 0.05) is 18.1 Å². The van der Waals surface area contributed by atoms with E-state index >= 15 is 0 Å². The van der Waals surface area contributed by atoms with Gasteiger partial charge in [-0.2, -0.15) is 0 Å². The summed E-state index contributed by atoms with van der Waals surface area (Å²) in [5, 5.41) is 0. The van der Waals surface area contributed by atoms with Crippen molar-refractivity contribution in [2.75, 3.05) is 14.2 Å². The highest BCUT2D eigenvalue weighted by molar-refractivity contribution is 5.97. The molecule has 17 heavy (non-hydrogen) atoms. The van der Waals surface area contributed by atoms with Crippen LogP contribution >= 0.6 is 0 Å². The number of benzene rings is 1. The van der Waals surface area contributed by atoms with Crippen molar-refractivity contribution in [1.29, 1.82) is 0 Å². The van der Waals surface area contributed by atoms with Crippen LogP contribution in [0.1, 0.15) is 28.4 Å². The normalized spacial score (nSPS) is 17.3. The molecule has 4 nitrogen and oxygen atoms in total. The molecule has 2 rings (SSSR count). The Labute approximate surface area is 99.8 Å². The third kappa shape index (κ3) is 1.86. The second-order valence-corrected chi connectivity index (χ2v) is 3.71. The van der Waals surface area contributed by atoms with Crippen molar-refractivity contribution in [3.8, 4) is 11.5 Å². The average Bonchev–Trinajstić information content (AvgIpc) is 2.66. The maximum absolute atomic E-state index is 11.8. The molecule has 0 radical (unpaired) electrons. The van der Waals surface area contributed by atoms with Crippen molar-refractivity contribution in [2.45, 2.75) is 12.5 Å². The molecule has 0 bridgehead atoms. The van der Waals surface area contributed by atoms with Gasteiger partial charge in [-0.05, 0) is 6.07 Å². The summed E-state index contributed by atoms with van der Waals surface area (Å²) in [5.41, 5.74) is 1.28. The summed E-state index contributed by atoms with van der Waals surface area (Å²) in [6.45, 7) is 3.65. The predicted octanol–water partition coefficient (Wildman–Crippen LogP) is 2.49. The van der Waals surface area contributed by atoms with Gasteiger partial charge in [0.15, 0.2) is 0 Å². The zero-order valence-electron chi connectivity index (χ0n) is 9.86. The lowest BCUT2D eigenvalue weighted by Gasteiger charge is -2.10. The Bertz CT molecular complexity index is 465. The van der Waals surface area contributed by atoms with Crippen LogP contribution in [-0.2, 0) is 4.74 Å². The maximum atomic E-state index is 11.8. The molecular weight excluding hydrogens is 220 g/mol. The average molecular weight is 234 g/mol. The minimum atomic E-state index is -0.355. The molecule has 0 saturated carbocycles. The zero-order chi connectivity index (χ0) is 12.4. The lowest BCUT2D eigenvalue weighted by Crippen LogP contribution is -1.99. The van der Waals surface area contributed by atoms with Crippen LogP contribution in [-0.4, -0.2) is 20.2 Å². The molecule has 0 saturated heterocycles. The summed E-state index contributed by atoms with van der Waals surface area (Å²) in [7, 11) is 3.09. The summed E-state index contributed by atoms with van der Waals surface area (Å²) in [6.07, 6.45) is 2.01. The van der Waals surface area contributed by atoms with E-state index in [0.717, 1.165) is 5.56 Å². The number of hydrogen-bond acceptors (Lipinski definition) is 4. The molecule has 1 atom stereocenters. The highest BCUT2D eigenvalue weighted by Crippen LogP contribution is 2.41. The fourth-order valence-electron chi connectivity index (χ4n) is 1.94. The second-order valence-electron chi connectivity index (χ2n) is 3.71. The third-order valence-corrected chi connectivity index (χ3v) is 2.74. The maximum Gasteiger partial charge on any atom is 0.342 e. The molecule has 1 aliphatic rings. The van der Waals surface area contributed by atoms with Crippen molar-refractivity contribution >= 4 is 5.97 Å². The summed E-state index contributed by atoms with van der Waals surface area (Å²) >= 11 is 0. The quantitative estimate of drug-likeness (QED) is 0.593. The lowest BCUT2D eigenvalue weighted by molar-refractivity contribution is 0.0390. The molecular formula is C13H14O4. The van der Waals surface area contributed by atoms with Gasteiger partial charge in [-0.25, -0.2) is 4.79 Å². The molecule has 1 aromatic rings. The minimum Gasteiger partial charge on any atom is -0.497 e. The van der Waals surface area contributed by atoms with Crippen LogP contribution in [0, 0.1) is 0 Å². The molecule has 0 spiro atoms. The fraction of sp³-hybridized carbons (Fsp3) is 0.308. The number of carbonyl (C=O) groups is 1. The summed E-state index contributed by atoms with van der Waals surface area (Å²) in [5.74, 6) is 0.773. The van der Waals surface area contributed by atoms with Crippen LogP contribution in [0.25, 0.3) is 0 Å². The van der Waals surface area contributed by atoms with Crippen molar-refractivity contribution in [1.82, 2.24) is 0 Å². The van der Waals surface area contributed by atoms with Crippen molar-refractivity contribution in [3.63, 3.8) is 0 Å². The number of carbonyl (C=O) groups excluding carboxylic acids is 1. The van der Waals surface area contributed by atoms with E-state index < -0.39 is 0 Å². The topological polar surface area (TPSA) is 44.8 Å².